The first-order valence-corrected chi connectivity index (χ1v) is 8.78. The van der Waals surface area contributed by atoms with E-state index in [1.807, 2.05) is 13.8 Å². The molecule has 1 heterocycles. The van der Waals surface area contributed by atoms with Crippen LogP contribution >= 0.6 is 0 Å². The van der Waals surface area contributed by atoms with E-state index in [0.717, 1.165) is 19.2 Å². The number of anilines is 1. The fraction of sp³-hybridized carbons (Fsp3) is 0.529. The summed E-state index contributed by atoms with van der Waals surface area (Å²) >= 11 is 0. The van der Waals surface area contributed by atoms with Crippen LogP contribution in [0.3, 0.4) is 0 Å². The summed E-state index contributed by atoms with van der Waals surface area (Å²) in [6.45, 7) is 8.39. The number of nitrogens with one attached hydrogen (secondary N) is 2. The van der Waals surface area contributed by atoms with Gasteiger partial charge in [-0.05, 0) is 13.1 Å². The lowest BCUT2D eigenvalue weighted by atomic mass is 10.1. The second-order valence-electron chi connectivity index (χ2n) is 5.89. The molecule has 2 rings (SSSR count). The molecule has 1 aromatic carbocycles. The Bertz CT molecular complexity index is 733. The summed E-state index contributed by atoms with van der Waals surface area (Å²) in [5, 5.41) is 16.6. The van der Waals surface area contributed by atoms with E-state index in [-0.39, 0.29) is 36.0 Å². The molecule has 0 saturated heterocycles. The Kier molecular flexibility index (Phi) is 6.94. The Hall–Kier alpha value is -2.88. The summed E-state index contributed by atoms with van der Waals surface area (Å²) in [5.74, 6) is -0.900. The molecule has 10 heteroatoms. The van der Waals surface area contributed by atoms with Crippen molar-refractivity contribution in [3.8, 4) is 11.5 Å². The summed E-state index contributed by atoms with van der Waals surface area (Å²) in [4.78, 5) is 37.0. The lowest BCUT2D eigenvalue weighted by Gasteiger charge is -2.23. The minimum atomic E-state index is -0.670. The molecule has 0 unspecified atom stereocenters. The van der Waals surface area contributed by atoms with Crippen LogP contribution in [0.25, 0.3) is 0 Å². The summed E-state index contributed by atoms with van der Waals surface area (Å²) < 4.78 is 11.0. The van der Waals surface area contributed by atoms with Crippen molar-refractivity contribution >= 4 is 23.2 Å². The summed E-state index contributed by atoms with van der Waals surface area (Å²) in [7, 11) is 0. The zero-order chi connectivity index (χ0) is 20.0. The third-order valence-corrected chi connectivity index (χ3v) is 4.14. The Labute approximate surface area is 157 Å². The maximum atomic E-state index is 12.6. The predicted molar refractivity (Wildman–Crippen MR) is 98.5 cm³/mol. The number of benzene rings is 1. The number of carbonyl (C=O) groups is 2. The maximum absolute atomic E-state index is 12.6. The highest BCUT2D eigenvalue weighted by atomic mass is 16.6. The fourth-order valence-corrected chi connectivity index (χ4v) is 2.77. The van der Waals surface area contributed by atoms with Gasteiger partial charge in [0.15, 0.2) is 17.2 Å². The molecule has 2 N–H and O–H groups in total. The fourth-order valence-electron chi connectivity index (χ4n) is 2.77. The van der Waals surface area contributed by atoms with Crippen molar-refractivity contribution in [2.24, 2.45) is 0 Å². The van der Waals surface area contributed by atoms with E-state index in [0.29, 0.717) is 13.1 Å². The number of nitrogens with zero attached hydrogens (tertiary/aromatic N) is 2. The Morgan fingerprint density at radius 1 is 1.22 bits per heavy atom. The smallest absolute Gasteiger partial charge is 0.297 e. The molecule has 0 saturated carbocycles. The maximum Gasteiger partial charge on any atom is 0.297 e. The van der Waals surface area contributed by atoms with Crippen molar-refractivity contribution in [3.63, 3.8) is 0 Å². The minimum Gasteiger partial charge on any atom is -0.485 e. The number of hydrogen-bond donors (Lipinski definition) is 2. The van der Waals surface area contributed by atoms with Gasteiger partial charge in [0.1, 0.15) is 13.2 Å². The highest BCUT2D eigenvalue weighted by Crippen LogP contribution is 2.46. The molecule has 0 atom stereocenters. The number of nitro groups is 1. The summed E-state index contributed by atoms with van der Waals surface area (Å²) in [5.41, 5.74) is -0.532. The zero-order valence-corrected chi connectivity index (χ0v) is 15.7. The van der Waals surface area contributed by atoms with Gasteiger partial charge >= 0.3 is 0 Å². The van der Waals surface area contributed by atoms with Gasteiger partial charge in [0.2, 0.25) is 5.91 Å². The number of ether oxygens (including phenoxy) is 2. The normalized spacial score (nSPS) is 12.6. The lowest BCUT2D eigenvalue weighted by Crippen LogP contribution is -2.35. The molecule has 0 aromatic heterocycles. The van der Waals surface area contributed by atoms with E-state index in [4.69, 9.17) is 9.47 Å². The average molecular weight is 380 g/mol. The third-order valence-electron chi connectivity index (χ3n) is 4.14. The van der Waals surface area contributed by atoms with Crippen LogP contribution in [0.4, 0.5) is 11.4 Å². The molecule has 2 amide bonds. The summed E-state index contributed by atoms with van der Waals surface area (Å²) in [6.07, 6.45) is 0. The number of hydrogen-bond acceptors (Lipinski definition) is 7. The van der Waals surface area contributed by atoms with Crippen molar-refractivity contribution in [2.45, 2.75) is 20.8 Å². The van der Waals surface area contributed by atoms with Gasteiger partial charge in [-0.3, -0.25) is 19.7 Å². The van der Waals surface area contributed by atoms with Crippen LogP contribution in [0.5, 0.6) is 11.5 Å². The highest BCUT2D eigenvalue weighted by Gasteiger charge is 2.32. The van der Waals surface area contributed by atoms with Gasteiger partial charge in [-0.15, -0.1) is 0 Å². The number of rotatable bonds is 8. The molecule has 0 fully saturated rings. The number of nitro benzene ring substituents is 1. The largest absolute Gasteiger partial charge is 0.485 e. The third kappa shape index (κ3) is 4.85. The average Bonchev–Trinajstić information content (AvgIpc) is 2.64. The molecular weight excluding hydrogens is 356 g/mol. The van der Waals surface area contributed by atoms with Gasteiger partial charge in [-0.1, -0.05) is 13.8 Å². The van der Waals surface area contributed by atoms with Crippen LogP contribution in [0.2, 0.25) is 0 Å². The van der Waals surface area contributed by atoms with Gasteiger partial charge < -0.3 is 25.0 Å². The van der Waals surface area contributed by atoms with Crippen molar-refractivity contribution in [1.82, 2.24) is 10.2 Å². The van der Waals surface area contributed by atoms with Crippen molar-refractivity contribution < 1.29 is 24.0 Å². The quantitative estimate of drug-likeness (QED) is 0.516. The van der Waals surface area contributed by atoms with E-state index < -0.39 is 22.4 Å². The Balaban J connectivity index is 2.35. The first kappa shape index (κ1) is 20.4. The molecule has 10 nitrogen and oxygen atoms in total. The molecule has 0 spiro atoms. The number of likely N-dealkylation sites (N-methyl/N-ethyl adjacent to an activating group) is 1. The Morgan fingerprint density at radius 2 is 1.85 bits per heavy atom. The van der Waals surface area contributed by atoms with E-state index in [1.165, 1.54) is 6.92 Å². The lowest BCUT2D eigenvalue weighted by molar-refractivity contribution is -0.384. The van der Waals surface area contributed by atoms with Crippen molar-refractivity contribution in [2.75, 3.05) is 44.7 Å². The minimum absolute atomic E-state index is 0.000423. The van der Waals surface area contributed by atoms with Crippen LogP contribution in [0.1, 0.15) is 31.1 Å². The van der Waals surface area contributed by atoms with Gasteiger partial charge in [-0.2, -0.15) is 0 Å². The molecule has 148 valence electrons. The Morgan fingerprint density at radius 3 is 2.41 bits per heavy atom. The number of carbonyl (C=O) groups excluding carboxylic acids is 2. The van der Waals surface area contributed by atoms with Crippen LogP contribution in [0.15, 0.2) is 6.07 Å². The van der Waals surface area contributed by atoms with E-state index >= 15 is 0 Å². The molecule has 1 aliphatic rings. The molecular formula is C17H24N4O6. The van der Waals surface area contributed by atoms with Crippen molar-refractivity contribution in [3.05, 3.63) is 21.7 Å². The second-order valence-corrected chi connectivity index (χ2v) is 5.89. The first-order valence-electron chi connectivity index (χ1n) is 8.78. The standard InChI is InChI=1S/C17H24N4O6/c1-4-20(5-2)7-6-18-17(23)12-10-13(21(24)25)14(19-11(3)22)16-15(12)26-8-9-27-16/h10H,4-9H2,1-3H3,(H,18,23)(H,19,22). The van der Waals surface area contributed by atoms with Gasteiger partial charge in [0.25, 0.3) is 11.6 Å². The molecule has 1 aromatic rings. The van der Waals surface area contributed by atoms with Crippen LogP contribution in [0, 0.1) is 10.1 Å². The first-order chi connectivity index (χ1) is 12.9. The zero-order valence-electron chi connectivity index (χ0n) is 15.7. The van der Waals surface area contributed by atoms with Crippen molar-refractivity contribution in [1.29, 1.82) is 0 Å². The monoisotopic (exact) mass is 380 g/mol. The summed E-state index contributed by atoms with van der Waals surface area (Å²) in [6, 6.07) is 1.10. The van der Waals surface area contributed by atoms with Crippen LogP contribution in [-0.4, -0.2) is 61.0 Å². The van der Waals surface area contributed by atoms with E-state index in [2.05, 4.69) is 15.5 Å². The topological polar surface area (TPSA) is 123 Å². The highest BCUT2D eigenvalue weighted by molar-refractivity contribution is 6.03. The van der Waals surface area contributed by atoms with E-state index in [1.54, 1.807) is 0 Å². The van der Waals surface area contributed by atoms with E-state index in [9.17, 15) is 19.7 Å². The number of amides is 2. The van der Waals surface area contributed by atoms with Gasteiger partial charge in [0, 0.05) is 26.1 Å². The predicted octanol–water partition coefficient (Wildman–Crippen LogP) is 1.40. The van der Waals surface area contributed by atoms with Crippen LogP contribution in [-0.2, 0) is 4.79 Å². The van der Waals surface area contributed by atoms with Gasteiger partial charge in [-0.25, -0.2) is 0 Å². The SMILES string of the molecule is CCN(CC)CCNC(=O)c1cc([N+](=O)[O-])c(NC(C)=O)c2c1OCCO2. The molecule has 0 aliphatic carbocycles. The van der Waals surface area contributed by atoms with Crippen LogP contribution < -0.4 is 20.1 Å². The van der Waals surface area contributed by atoms with Gasteiger partial charge in [0.05, 0.1) is 10.5 Å². The molecule has 0 radical (unpaired) electrons. The second kappa shape index (κ2) is 9.17. The molecule has 1 aliphatic heterocycles. The molecule has 0 bridgehead atoms. The number of fused-ring (bicyclic) bond motifs is 1. The molecule has 27 heavy (non-hydrogen) atoms.